The molecule has 0 bridgehead atoms. The summed E-state index contributed by atoms with van der Waals surface area (Å²) in [6.07, 6.45) is 3.50. The molecule has 1 aliphatic carbocycles. The first kappa shape index (κ1) is 8.72. The van der Waals surface area contributed by atoms with E-state index < -0.39 is 6.10 Å². The van der Waals surface area contributed by atoms with Crippen LogP contribution in [0, 0.1) is 12.8 Å². The van der Waals surface area contributed by atoms with Gasteiger partial charge in [-0.05, 0) is 25.7 Å². The number of aromatic nitrogens is 2. The van der Waals surface area contributed by atoms with Gasteiger partial charge in [-0.25, -0.2) is 0 Å². The Balaban J connectivity index is 2.11. The van der Waals surface area contributed by atoms with E-state index >= 15 is 0 Å². The van der Waals surface area contributed by atoms with Crippen LogP contribution in [0.1, 0.15) is 30.1 Å². The quantitative estimate of drug-likeness (QED) is 0.635. The zero-order valence-corrected chi connectivity index (χ0v) is 7.70. The zero-order chi connectivity index (χ0) is 9.42. The number of hydrogen-bond acceptors (Lipinski definition) is 3. The molecule has 1 heterocycles. The summed E-state index contributed by atoms with van der Waals surface area (Å²) in [5, 5.41) is 16.5. The molecule has 0 spiro atoms. The molecule has 1 aromatic rings. The molecular weight excluding hydrogens is 166 g/mol. The number of aryl methyl sites for hydroxylation is 1. The average molecular weight is 181 g/mol. The van der Waals surface area contributed by atoms with Crippen molar-refractivity contribution in [1.29, 1.82) is 0 Å². The molecule has 72 valence electrons. The molecule has 0 radical (unpaired) electrons. The Morgan fingerprint density at radius 3 is 2.85 bits per heavy atom. The molecule has 4 heteroatoms. The maximum Gasteiger partial charge on any atom is 0.0762 e. The molecule has 0 saturated heterocycles. The third kappa shape index (κ3) is 1.59. The van der Waals surface area contributed by atoms with Crippen molar-refractivity contribution in [1.82, 2.24) is 10.2 Å². The van der Waals surface area contributed by atoms with Gasteiger partial charge in [-0.3, -0.25) is 5.10 Å². The van der Waals surface area contributed by atoms with Crippen molar-refractivity contribution < 1.29 is 5.11 Å². The highest BCUT2D eigenvalue weighted by atomic mass is 16.3. The Morgan fingerprint density at radius 2 is 2.38 bits per heavy atom. The third-order valence-corrected chi connectivity index (χ3v) is 2.70. The van der Waals surface area contributed by atoms with Crippen molar-refractivity contribution in [2.45, 2.75) is 31.9 Å². The number of aromatic amines is 1. The van der Waals surface area contributed by atoms with E-state index in [1.54, 1.807) is 6.20 Å². The molecule has 1 saturated carbocycles. The topological polar surface area (TPSA) is 74.9 Å². The fourth-order valence-corrected chi connectivity index (χ4v) is 1.61. The Hall–Kier alpha value is -0.870. The molecule has 0 amide bonds. The molecule has 2 atom stereocenters. The molecular formula is C9H15N3O. The summed E-state index contributed by atoms with van der Waals surface area (Å²) >= 11 is 0. The second-order valence-electron chi connectivity index (χ2n) is 3.80. The van der Waals surface area contributed by atoms with Crippen LogP contribution in [0.4, 0.5) is 0 Å². The zero-order valence-electron chi connectivity index (χ0n) is 7.70. The van der Waals surface area contributed by atoms with E-state index in [1.165, 1.54) is 0 Å². The molecule has 0 aliphatic heterocycles. The lowest BCUT2D eigenvalue weighted by Gasteiger charge is -2.17. The van der Waals surface area contributed by atoms with Crippen LogP contribution >= 0.6 is 0 Å². The summed E-state index contributed by atoms with van der Waals surface area (Å²) in [7, 11) is 0. The van der Waals surface area contributed by atoms with Gasteiger partial charge in [0, 0.05) is 11.3 Å². The van der Waals surface area contributed by atoms with Gasteiger partial charge in [0.05, 0.1) is 18.3 Å². The van der Waals surface area contributed by atoms with Gasteiger partial charge in [0.2, 0.25) is 0 Å². The SMILES string of the molecule is Cc1[nH]ncc1C(N)C(O)C1CC1. The Labute approximate surface area is 77.1 Å². The number of nitrogens with zero attached hydrogens (tertiary/aromatic N) is 1. The molecule has 13 heavy (non-hydrogen) atoms. The second-order valence-corrected chi connectivity index (χ2v) is 3.80. The predicted molar refractivity (Wildman–Crippen MR) is 49.0 cm³/mol. The summed E-state index contributed by atoms with van der Waals surface area (Å²) in [6, 6.07) is -0.286. The summed E-state index contributed by atoms with van der Waals surface area (Å²) in [5.74, 6) is 0.407. The number of rotatable bonds is 3. The monoisotopic (exact) mass is 181 g/mol. The second kappa shape index (κ2) is 3.12. The standard InChI is InChI=1S/C9H15N3O/c1-5-7(4-11-12-5)8(10)9(13)6-2-3-6/h4,6,8-9,13H,2-3,10H2,1H3,(H,11,12). The summed E-state index contributed by atoms with van der Waals surface area (Å²) < 4.78 is 0. The number of nitrogens with one attached hydrogen (secondary N) is 1. The van der Waals surface area contributed by atoms with Gasteiger partial charge >= 0.3 is 0 Å². The van der Waals surface area contributed by atoms with Crippen molar-refractivity contribution in [3.8, 4) is 0 Å². The molecule has 4 nitrogen and oxygen atoms in total. The fraction of sp³-hybridized carbons (Fsp3) is 0.667. The highest BCUT2D eigenvalue weighted by Crippen LogP contribution is 2.37. The molecule has 4 N–H and O–H groups in total. The van der Waals surface area contributed by atoms with E-state index in [0.717, 1.165) is 24.1 Å². The van der Waals surface area contributed by atoms with Crippen molar-refractivity contribution in [3.63, 3.8) is 0 Å². The first-order chi connectivity index (χ1) is 6.20. The molecule has 1 fully saturated rings. The number of nitrogens with two attached hydrogens (primary N) is 1. The van der Waals surface area contributed by atoms with Gasteiger partial charge < -0.3 is 10.8 Å². The van der Waals surface area contributed by atoms with Crippen molar-refractivity contribution in [2.24, 2.45) is 11.7 Å². The van der Waals surface area contributed by atoms with Gasteiger partial charge in [0.25, 0.3) is 0 Å². The number of H-pyrrole nitrogens is 1. The first-order valence-electron chi connectivity index (χ1n) is 4.63. The van der Waals surface area contributed by atoms with Crippen LogP contribution in [0.5, 0.6) is 0 Å². The van der Waals surface area contributed by atoms with Crippen LogP contribution in [0.3, 0.4) is 0 Å². The van der Waals surface area contributed by atoms with Gasteiger partial charge in [-0.15, -0.1) is 0 Å². The van der Waals surface area contributed by atoms with Crippen LogP contribution in [0.15, 0.2) is 6.20 Å². The Kier molecular flexibility index (Phi) is 2.09. The van der Waals surface area contributed by atoms with Crippen LogP contribution in [0.2, 0.25) is 0 Å². The van der Waals surface area contributed by atoms with Crippen molar-refractivity contribution >= 4 is 0 Å². The highest BCUT2D eigenvalue weighted by Gasteiger charge is 2.34. The minimum atomic E-state index is -0.406. The maximum absolute atomic E-state index is 9.79. The molecule has 2 rings (SSSR count). The number of aliphatic hydroxyl groups is 1. The highest BCUT2D eigenvalue weighted by molar-refractivity contribution is 5.20. The van der Waals surface area contributed by atoms with Crippen LogP contribution in [-0.4, -0.2) is 21.4 Å². The number of aliphatic hydroxyl groups excluding tert-OH is 1. The van der Waals surface area contributed by atoms with Crippen LogP contribution in [0.25, 0.3) is 0 Å². The lowest BCUT2D eigenvalue weighted by molar-refractivity contribution is 0.122. The lowest BCUT2D eigenvalue weighted by Crippen LogP contribution is -2.28. The van der Waals surface area contributed by atoms with Gasteiger partial charge in [-0.1, -0.05) is 0 Å². The predicted octanol–water partition coefficient (Wildman–Crippen LogP) is 0.489. The summed E-state index contributed by atoms with van der Waals surface area (Å²) in [4.78, 5) is 0. The number of hydrogen-bond donors (Lipinski definition) is 3. The lowest BCUT2D eigenvalue weighted by atomic mass is 10.0. The molecule has 1 aliphatic rings. The van der Waals surface area contributed by atoms with E-state index in [4.69, 9.17) is 5.73 Å². The third-order valence-electron chi connectivity index (χ3n) is 2.70. The summed E-state index contributed by atoms with van der Waals surface area (Å²) in [5.41, 5.74) is 7.80. The minimum absolute atomic E-state index is 0.286. The van der Waals surface area contributed by atoms with E-state index in [2.05, 4.69) is 10.2 Å². The maximum atomic E-state index is 9.79. The van der Waals surface area contributed by atoms with Crippen molar-refractivity contribution in [2.75, 3.05) is 0 Å². The van der Waals surface area contributed by atoms with Gasteiger partial charge in [-0.2, -0.15) is 5.10 Å². The van der Waals surface area contributed by atoms with E-state index in [0.29, 0.717) is 5.92 Å². The molecule has 2 unspecified atom stereocenters. The summed E-state index contributed by atoms with van der Waals surface area (Å²) in [6.45, 7) is 1.92. The first-order valence-corrected chi connectivity index (χ1v) is 4.63. The molecule has 1 aromatic heterocycles. The average Bonchev–Trinajstić information content (AvgIpc) is 2.87. The van der Waals surface area contributed by atoms with E-state index in [9.17, 15) is 5.11 Å². The van der Waals surface area contributed by atoms with Crippen LogP contribution < -0.4 is 5.73 Å². The van der Waals surface area contributed by atoms with Gasteiger partial charge in [0.1, 0.15) is 0 Å². The van der Waals surface area contributed by atoms with E-state index in [-0.39, 0.29) is 6.04 Å². The smallest absolute Gasteiger partial charge is 0.0762 e. The van der Waals surface area contributed by atoms with Gasteiger partial charge in [0.15, 0.2) is 0 Å². The normalized spacial score (nSPS) is 21.5. The Bertz CT molecular complexity index is 293. The van der Waals surface area contributed by atoms with Crippen molar-refractivity contribution in [3.05, 3.63) is 17.5 Å². The Morgan fingerprint density at radius 1 is 1.69 bits per heavy atom. The van der Waals surface area contributed by atoms with E-state index in [1.807, 2.05) is 6.92 Å². The largest absolute Gasteiger partial charge is 0.391 e. The molecule has 0 aromatic carbocycles. The fourth-order valence-electron chi connectivity index (χ4n) is 1.61. The minimum Gasteiger partial charge on any atom is -0.391 e. The van der Waals surface area contributed by atoms with Crippen LogP contribution in [-0.2, 0) is 0 Å².